The summed E-state index contributed by atoms with van der Waals surface area (Å²) in [6, 6.07) is 3.89. The smallest absolute Gasteiger partial charge is 0.141 e. The summed E-state index contributed by atoms with van der Waals surface area (Å²) in [5, 5.41) is 8.11. The third-order valence-corrected chi connectivity index (χ3v) is 4.33. The molecule has 0 unspecified atom stereocenters. The van der Waals surface area contributed by atoms with Crippen LogP contribution in [0.2, 0.25) is 5.02 Å². The summed E-state index contributed by atoms with van der Waals surface area (Å²) in [6.07, 6.45) is 2.27. The molecule has 1 fully saturated rings. The molecule has 1 N–H and O–H groups in total. The van der Waals surface area contributed by atoms with Crippen LogP contribution in [-0.2, 0) is 0 Å². The monoisotopic (exact) mass is 320 g/mol. The fourth-order valence-corrected chi connectivity index (χ4v) is 3.29. The molecule has 2 aromatic rings. The number of aryl methyl sites for hydroxylation is 3. The van der Waals surface area contributed by atoms with E-state index in [1.165, 1.54) is 0 Å². The summed E-state index contributed by atoms with van der Waals surface area (Å²) in [5.41, 5.74) is 3.85. The van der Waals surface area contributed by atoms with E-state index in [0.29, 0.717) is 5.02 Å². The minimum absolute atomic E-state index is 0.236. The molecule has 0 saturated carbocycles. The fraction of sp³-hybridized carbons (Fsp3) is 0.471. The molecule has 1 aliphatic rings. The SMILES string of the molecule is Cc1cc(Cl)cc(-c2c(C)noc2C)c1OC1CCNCC1. The van der Waals surface area contributed by atoms with Crippen LogP contribution < -0.4 is 10.1 Å². The van der Waals surface area contributed by atoms with E-state index in [1.54, 1.807) is 0 Å². The van der Waals surface area contributed by atoms with Gasteiger partial charge < -0.3 is 14.6 Å². The second-order valence-corrected chi connectivity index (χ2v) is 6.30. The van der Waals surface area contributed by atoms with Gasteiger partial charge in [0.15, 0.2) is 0 Å². The molecule has 2 heterocycles. The van der Waals surface area contributed by atoms with Crippen LogP contribution in [0.25, 0.3) is 11.1 Å². The third-order valence-electron chi connectivity index (χ3n) is 4.11. The number of halogens is 1. The molecule has 4 nitrogen and oxygen atoms in total. The number of rotatable bonds is 3. The summed E-state index contributed by atoms with van der Waals surface area (Å²) in [7, 11) is 0. The van der Waals surface area contributed by atoms with Crippen LogP contribution in [0.3, 0.4) is 0 Å². The number of aromatic nitrogens is 1. The van der Waals surface area contributed by atoms with Gasteiger partial charge in [0, 0.05) is 10.6 Å². The van der Waals surface area contributed by atoms with Crippen molar-refractivity contribution in [2.45, 2.75) is 39.7 Å². The number of ether oxygens (including phenoxy) is 1. The second kappa shape index (κ2) is 6.31. The standard InChI is InChI=1S/C17H21ClN2O2/c1-10-8-13(18)9-15(16-11(2)20-22-12(16)3)17(10)21-14-4-6-19-7-5-14/h8-9,14,19H,4-7H2,1-3H3. The Balaban J connectivity index is 2.04. The van der Waals surface area contributed by atoms with Crippen molar-refractivity contribution in [3.8, 4) is 16.9 Å². The molecule has 1 aromatic heterocycles. The van der Waals surface area contributed by atoms with Gasteiger partial charge >= 0.3 is 0 Å². The lowest BCUT2D eigenvalue weighted by atomic mass is 10.00. The van der Waals surface area contributed by atoms with Crippen molar-refractivity contribution in [2.75, 3.05) is 13.1 Å². The van der Waals surface area contributed by atoms with E-state index in [2.05, 4.69) is 10.5 Å². The number of benzene rings is 1. The highest BCUT2D eigenvalue weighted by Gasteiger charge is 2.22. The second-order valence-electron chi connectivity index (χ2n) is 5.87. The quantitative estimate of drug-likeness (QED) is 0.926. The minimum Gasteiger partial charge on any atom is -0.489 e. The van der Waals surface area contributed by atoms with Gasteiger partial charge in [0.1, 0.15) is 17.6 Å². The van der Waals surface area contributed by atoms with Crippen molar-refractivity contribution < 1.29 is 9.26 Å². The van der Waals surface area contributed by atoms with Crippen LogP contribution in [0, 0.1) is 20.8 Å². The molecule has 1 aliphatic heterocycles. The van der Waals surface area contributed by atoms with Gasteiger partial charge in [-0.15, -0.1) is 0 Å². The molecular formula is C17H21ClN2O2. The van der Waals surface area contributed by atoms with E-state index in [-0.39, 0.29) is 6.10 Å². The average molecular weight is 321 g/mol. The zero-order valence-corrected chi connectivity index (χ0v) is 14.0. The number of hydrogen-bond donors (Lipinski definition) is 1. The van der Waals surface area contributed by atoms with E-state index in [1.807, 2.05) is 32.9 Å². The van der Waals surface area contributed by atoms with Crippen molar-refractivity contribution in [3.63, 3.8) is 0 Å². The number of nitrogens with one attached hydrogen (secondary N) is 1. The summed E-state index contributed by atoms with van der Waals surface area (Å²) in [5.74, 6) is 1.68. The van der Waals surface area contributed by atoms with E-state index in [9.17, 15) is 0 Å². The van der Waals surface area contributed by atoms with Gasteiger partial charge in [0.2, 0.25) is 0 Å². The third kappa shape index (κ3) is 2.99. The fourth-order valence-electron chi connectivity index (χ4n) is 3.02. The van der Waals surface area contributed by atoms with Gasteiger partial charge in [-0.25, -0.2) is 0 Å². The number of piperidine rings is 1. The van der Waals surface area contributed by atoms with Gasteiger partial charge in [0.25, 0.3) is 0 Å². The average Bonchev–Trinajstić information content (AvgIpc) is 2.82. The number of hydrogen-bond acceptors (Lipinski definition) is 4. The van der Waals surface area contributed by atoms with Crippen LogP contribution in [0.15, 0.2) is 16.7 Å². The molecule has 3 rings (SSSR count). The Labute approximate surface area is 135 Å². The lowest BCUT2D eigenvalue weighted by Crippen LogP contribution is -2.34. The zero-order chi connectivity index (χ0) is 15.7. The van der Waals surface area contributed by atoms with Crippen LogP contribution in [0.4, 0.5) is 0 Å². The van der Waals surface area contributed by atoms with Crippen molar-refractivity contribution in [1.29, 1.82) is 0 Å². The van der Waals surface area contributed by atoms with Gasteiger partial charge in [-0.1, -0.05) is 16.8 Å². The zero-order valence-electron chi connectivity index (χ0n) is 13.2. The van der Waals surface area contributed by atoms with E-state index in [4.69, 9.17) is 20.9 Å². The molecule has 0 spiro atoms. The minimum atomic E-state index is 0.236. The van der Waals surface area contributed by atoms with Crippen LogP contribution in [0.5, 0.6) is 5.75 Å². The first-order valence-corrected chi connectivity index (χ1v) is 8.05. The lowest BCUT2D eigenvalue weighted by Gasteiger charge is -2.26. The molecular weight excluding hydrogens is 300 g/mol. The van der Waals surface area contributed by atoms with Crippen molar-refractivity contribution in [1.82, 2.24) is 10.5 Å². The highest BCUT2D eigenvalue weighted by Crippen LogP contribution is 2.39. The molecule has 0 radical (unpaired) electrons. The maximum absolute atomic E-state index is 6.34. The Morgan fingerprint density at radius 1 is 1.23 bits per heavy atom. The number of nitrogens with zero attached hydrogens (tertiary/aromatic N) is 1. The highest BCUT2D eigenvalue weighted by atomic mass is 35.5. The first-order valence-electron chi connectivity index (χ1n) is 7.67. The first kappa shape index (κ1) is 15.4. The largest absolute Gasteiger partial charge is 0.489 e. The van der Waals surface area contributed by atoms with Crippen LogP contribution >= 0.6 is 11.6 Å². The Hall–Kier alpha value is -1.52. The van der Waals surface area contributed by atoms with E-state index < -0.39 is 0 Å². The van der Waals surface area contributed by atoms with Crippen LogP contribution in [0.1, 0.15) is 29.9 Å². The van der Waals surface area contributed by atoms with Crippen LogP contribution in [-0.4, -0.2) is 24.4 Å². The Bertz CT molecular complexity index is 656. The van der Waals surface area contributed by atoms with E-state index >= 15 is 0 Å². The molecule has 0 aliphatic carbocycles. The normalized spacial score (nSPS) is 16.0. The summed E-state index contributed by atoms with van der Waals surface area (Å²) < 4.78 is 11.7. The predicted molar refractivity (Wildman–Crippen MR) is 87.7 cm³/mol. The Kier molecular flexibility index (Phi) is 4.41. The van der Waals surface area contributed by atoms with Crippen molar-refractivity contribution in [2.24, 2.45) is 0 Å². The Morgan fingerprint density at radius 3 is 2.59 bits per heavy atom. The molecule has 1 saturated heterocycles. The highest BCUT2D eigenvalue weighted by molar-refractivity contribution is 6.31. The van der Waals surface area contributed by atoms with Gasteiger partial charge in [-0.3, -0.25) is 0 Å². The van der Waals surface area contributed by atoms with Crippen molar-refractivity contribution in [3.05, 3.63) is 34.2 Å². The molecule has 0 atom stereocenters. The maximum atomic E-state index is 6.34. The predicted octanol–water partition coefficient (Wildman–Crippen LogP) is 4.05. The summed E-state index contributed by atoms with van der Waals surface area (Å²) in [6.45, 7) is 7.89. The molecule has 5 heteroatoms. The molecule has 118 valence electrons. The topological polar surface area (TPSA) is 47.3 Å². The lowest BCUT2D eigenvalue weighted by molar-refractivity contribution is 0.162. The maximum Gasteiger partial charge on any atom is 0.141 e. The summed E-state index contributed by atoms with van der Waals surface area (Å²) >= 11 is 6.27. The first-order chi connectivity index (χ1) is 10.6. The summed E-state index contributed by atoms with van der Waals surface area (Å²) in [4.78, 5) is 0. The van der Waals surface area contributed by atoms with Gasteiger partial charge in [0.05, 0.1) is 11.3 Å². The van der Waals surface area contributed by atoms with Gasteiger partial charge in [-0.05, 0) is 64.4 Å². The van der Waals surface area contributed by atoms with Crippen molar-refractivity contribution >= 4 is 11.6 Å². The molecule has 0 amide bonds. The molecule has 22 heavy (non-hydrogen) atoms. The van der Waals surface area contributed by atoms with E-state index in [0.717, 1.165) is 59.8 Å². The van der Waals surface area contributed by atoms with Gasteiger partial charge in [-0.2, -0.15) is 0 Å². The molecule has 1 aromatic carbocycles. The Morgan fingerprint density at radius 2 is 1.95 bits per heavy atom. The molecule has 0 bridgehead atoms.